The van der Waals surface area contributed by atoms with Crippen molar-refractivity contribution in [3.05, 3.63) is 28.8 Å². The Labute approximate surface area is 129 Å². The van der Waals surface area contributed by atoms with Crippen molar-refractivity contribution in [2.45, 2.75) is 64.2 Å². The molecule has 4 heteroatoms. The molecule has 0 amide bonds. The lowest BCUT2D eigenvalue weighted by molar-refractivity contribution is 0.557. The Morgan fingerprint density at radius 3 is 1.57 bits per heavy atom. The molecule has 1 saturated heterocycles. The average Bonchev–Trinajstić information content (AvgIpc) is 3.21. The molecule has 1 aliphatic rings. The summed E-state index contributed by atoms with van der Waals surface area (Å²) in [5.41, 5.74) is 3.17. The molecule has 0 spiro atoms. The van der Waals surface area contributed by atoms with Crippen molar-refractivity contribution in [1.82, 2.24) is 4.31 Å². The molecule has 0 unspecified atom stereocenters. The summed E-state index contributed by atoms with van der Waals surface area (Å²) < 4.78 is 27.3. The van der Waals surface area contributed by atoms with Crippen molar-refractivity contribution in [3.63, 3.8) is 0 Å². The van der Waals surface area contributed by atoms with Gasteiger partial charge in [0.15, 0.2) is 0 Å². The molecule has 0 N–H and O–H groups in total. The van der Waals surface area contributed by atoms with Crippen molar-refractivity contribution in [1.29, 1.82) is 0 Å². The highest BCUT2D eigenvalue weighted by Gasteiger charge is 2.37. The van der Waals surface area contributed by atoms with Crippen LogP contribution in [0.1, 0.15) is 76.0 Å². The first kappa shape index (κ1) is 16.5. The first-order chi connectivity index (χ1) is 9.66. The smallest absolute Gasteiger partial charge is 0.207 e. The van der Waals surface area contributed by atoms with Crippen LogP contribution in [0.5, 0.6) is 0 Å². The first-order valence-electron chi connectivity index (χ1n) is 7.84. The normalized spacial score (nSPS) is 16.2. The second-order valence-electron chi connectivity index (χ2n) is 6.90. The van der Waals surface area contributed by atoms with Crippen LogP contribution >= 0.6 is 0 Å². The molecule has 3 nitrogen and oxygen atoms in total. The van der Waals surface area contributed by atoms with Gasteiger partial charge in [0, 0.05) is 13.1 Å². The van der Waals surface area contributed by atoms with Crippen molar-refractivity contribution >= 4 is 10.0 Å². The third-order valence-corrected chi connectivity index (χ3v) is 6.12. The summed E-state index contributed by atoms with van der Waals surface area (Å²) in [7, 11) is -3.33. The third-order valence-electron chi connectivity index (χ3n) is 4.08. The molecule has 21 heavy (non-hydrogen) atoms. The second-order valence-corrected chi connectivity index (χ2v) is 8.77. The van der Waals surface area contributed by atoms with Crippen molar-refractivity contribution < 1.29 is 8.42 Å². The average molecular weight is 309 g/mol. The predicted molar refractivity (Wildman–Crippen MR) is 87.5 cm³/mol. The second kappa shape index (κ2) is 5.73. The molecule has 0 aliphatic carbocycles. The Morgan fingerprint density at radius 1 is 0.857 bits per heavy atom. The minimum Gasteiger partial charge on any atom is -0.207 e. The monoisotopic (exact) mass is 309 g/mol. The molecule has 1 aromatic rings. The lowest BCUT2D eigenvalue weighted by Crippen LogP contribution is -2.18. The van der Waals surface area contributed by atoms with E-state index in [0.29, 0.717) is 23.9 Å². The maximum atomic E-state index is 12.9. The number of hydrogen-bond acceptors (Lipinski definition) is 2. The highest BCUT2D eigenvalue weighted by molar-refractivity contribution is 7.89. The van der Waals surface area contributed by atoms with Crippen LogP contribution in [0.3, 0.4) is 0 Å². The summed E-state index contributed by atoms with van der Waals surface area (Å²) in [4.78, 5) is 0.564. The molecule has 118 valence electrons. The summed E-state index contributed by atoms with van der Waals surface area (Å²) in [6, 6.07) is 4.19. The predicted octanol–water partition coefficient (Wildman–Crippen LogP) is 4.06. The maximum absolute atomic E-state index is 12.9. The number of sulfonamides is 1. The standard InChI is InChI=1S/C17H27NO2S/c1-11(2)14-9-15(12(3)4)17(16(10-14)13(5)6)21(19,20)18-7-8-18/h9-13H,7-8H2,1-6H3. The zero-order chi connectivity index (χ0) is 15.9. The van der Waals surface area contributed by atoms with E-state index in [2.05, 4.69) is 53.7 Å². The van der Waals surface area contributed by atoms with Crippen LogP contribution in [0.15, 0.2) is 17.0 Å². The molecule has 0 saturated carbocycles. The zero-order valence-corrected chi connectivity index (χ0v) is 14.8. The van der Waals surface area contributed by atoms with Gasteiger partial charge in [0.05, 0.1) is 4.90 Å². The fourth-order valence-corrected chi connectivity index (χ4v) is 4.60. The lowest BCUT2D eigenvalue weighted by atomic mass is 9.89. The number of benzene rings is 1. The summed E-state index contributed by atoms with van der Waals surface area (Å²) >= 11 is 0. The van der Waals surface area contributed by atoms with Gasteiger partial charge in [0.1, 0.15) is 0 Å². The van der Waals surface area contributed by atoms with Crippen LogP contribution in [0.25, 0.3) is 0 Å². The van der Waals surface area contributed by atoms with Gasteiger partial charge < -0.3 is 0 Å². The highest BCUT2D eigenvalue weighted by Crippen LogP contribution is 2.37. The van der Waals surface area contributed by atoms with Crippen molar-refractivity contribution in [2.24, 2.45) is 0 Å². The van der Waals surface area contributed by atoms with Crippen molar-refractivity contribution in [2.75, 3.05) is 13.1 Å². The molecule has 1 aromatic carbocycles. The Hall–Kier alpha value is -0.870. The Balaban J connectivity index is 2.76. The van der Waals surface area contributed by atoms with Crippen LogP contribution in [0.4, 0.5) is 0 Å². The van der Waals surface area contributed by atoms with Gasteiger partial charge in [0.2, 0.25) is 10.0 Å². The number of nitrogens with zero attached hydrogens (tertiary/aromatic N) is 1. The summed E-state index contributed by atoms with van der Waals surface area (Å²) in [5, 5.41) is 0. The number of rotatable bonds is 5. The van der Waals surface area contributed by atoms with Gasteiger partial charge in [-0.05, 0) is 34.4 Å². The van der Waals surface area contributed by atoms with Crippen molar-refractivity contribution in [3.8, 4) is 0 Å². The molecule has 0 atom stereocenters. The zero-order valence-electron chi connectivity index (χ0n) is 14.0. The van der Waals surface area contributed by atoms with Crippen LogP contribution in [0.2, 0.25) is 0 Å². The topological polar surface area (TPSA) is 37.1 Å². The molecular formula is C17H27NO2S. The highest BCUT2D eigenvalue weighted by atomic mass is 32.2. The molecule has 2 rings (SSSR count). The van der Waals surface area contributed by atoms with E-state index in [1.807, 2.05) is 0 Å². The van der Waals surface area contributed by atoms with Gasteiger partial charge in [-0.3, -0.25) is 0 Å². The fourth-order valence-electron chi connectivity index (χ4n) is 2.60. The van der Waals surface area contributed by atoms with E-state index in [4.69, 9.17) is 0 Å². The Morgan fingerprint density at radius 2 is 1.29 bits per heavy atom. The quantitative estimate of drug-likeness (QED) is 0.769. The van der Waals surface area contributed by atoms with Crippen LogP contribution in [-0.2, 0) is 10.0 Å². The van der Waals surface area contributed by atoms with Gasteiger partial charge in [0.25, 0.3) is 0 Å². The minimum atomic E-state index is -3.33. The van der Waals surface area contributed by atoms with E-state index in [1.54, 1.807) is 4.31 Å². The molecule has 1 heterocycles. The van der Waals surface area contributed by atoms with Gasteiger partial charge in [-0.15, -0.1) is 0 Å². The molecule has 0 radical (unpaired) electrons. The van der Waals surface area contributed by atoms with Crippen LogP contribution in [0, 0.1) is 0 Å². The summed E-state index contributed by atoms with van der Waals surface area (Å²) in [6.07, 6.45) is 0. The van der Waals surface area contributed by atoms with E-state index in [9.17, 15) is 8.42 Å². The first-order valence-corrected chi connectivity index (χ1v) is 9.28. The van der Waals surface area contributed by atoms with Gasteiger partial charge in [-0.2, -0.15) is 4.31 Å². The third kappa shape index (κ3) is 3.16. The van der Waals surface area contributed by atoms with Crippen LogP contribution in [-0.4, -0.2) is 25.8 Å². The van der Waals surface area contributed by atoms with E-state index >= 15 is 0 Å². The Bertz CT molecular complexity index is 597. The van der Waals surface area contributed by atoms with Gasteiger partial charge in [-0.25, -0.2) is 8.42 Å². The molecular weight excluding hydrogens is 282 g/mol. The molecule has 0 aromatic heterocycles. The summed E-state index contributed by atoms with van der Waals surface area (Å²) in [5.74, 6) is 0.801. The fraction of sp³-hybridized carbons (Fsp3) is 0.647. The Kier molecular flexibility index (Phi) is 4.50. The molecule has 0 bridgehead atoms. The van der Waals surface area contributed by atoms with Gasteiger partial charge in [-0.1, -0.05) is 53.7 Å². The lowest BCUT2D eigenvalue weighted by Gasteiger charge is -2.22. The van der Waals surface area contributed by atoms with E-state index in [0.717, 1.165) is 11.1 Å². The molecule has 1 fully saturated rings. The van der Waals surface area contributed by atoms with E-state index in [-0.39, 0.29) is 11.8 Å². The maximum Gasteiger partial charge on any atom is 0.243 e. The number of hydrogen-bond donors (Lipinski definition) is 0. The molecule has 1 aliphatic heterocycles. The van der Waals surface area contributed by atoms with Crippen LogP contribution < -0.4 is 0 Å². The minimum absolute atomic E-state index is 0.200. The summed E-state index contributed by atoms with van der Waals surface area (Å²) in [6.45, 7) is 13.9. The van der Waals surface area contributed by atoms with E-state index < -0.39 is 10.0 Å². The van der Waals surface area contributed by atoms with Gasteiger partial charge >= 0.3 is 0 Å². The van der Waals surface area contributed by atoms with E-state index in [1.165, 1.54) is 5.56 Å². The largest absolute Gasteiger partial charge is 0.243 e. The SMILES string of the molecule is CC(C)c1cc(C(C)C)c(S(=O)(=O)N2CC2)c(C(C)C)c1.